The minimum absolute atomic E-state index is 0. The van der Waals surface area contributed by atoms with Crippen LogP contribution in [-0.4, -0.2) is 43.2 Å². The predicted molar refractivity (Wildman–Crippen MR) is 109 cm³/mol. The molecule has 3 heterocycles. The largest absolute Gasteiger partial charge is 0.374 e. The van der Waals surface area contributed by atoms with Crippen LogP contribution in [0.5, 0.6) is 0 Å². The van der Waals surface area contributed by atoms with Gasteiger partial charge in [-0.2, -0.15) is 0 Å². The van der Waals surface area contributed by atoms with E-state index in [2.05, 4.69) is 15.2 Å². The Kier molecular flexibility index (Phi) is 5.84. The molecule has 132 valence electrons. The van der Waals surface area contributed by atoms with Gasteiger partial charge in [0.1, 0.15) is 0 Å². The van der Waals surface area contributed by atoms with E-state index in [-0.39, 0.29) is 24.0 Å². The first kappa shape index (κ1) is 18.5. The van der Waals surface area contributed by atoms with Gasteiger partial charge in [-0.15, -0.1) is 24.0 Å². The third-order valence-electron chi connectivity index (χ3n) is 5.42. The van der Waals surface area contributed by atoms with Crippen LogP contribution in [0.3, 0.4) is 0 Å². The van der Waals surface area contributed by atoms with E-state index >= 15 is 0 Å². The minimum Gasteiger partial charge on any atom is -0.374 e. The molecule has 0 saturated carbocycles. The summed E-state index contributed by atoms with van der Waals surface area (Å²) < 4.78 is 6.04. The number of nitrogens with zero attached hydrogens (tertiary/aromatic N) is 2. The smallest absolute Gasteiger partial charge is 0.193 e. The quantitative estimate of drug-likeness (QED) is 0.396. The number of rotatable bonds is 2. The number of halogens is 3. The summed E-state index contributed by atoms with van der Waals surface area (Å²) in [7, 11) is 1.84. The maximum absolute atomic E-state index is 6.25. The van der Waals surface area contributed by atoms with Gasteiger partial charge in [0.05, 0.1) is 12.2 Å². The molecule has 7 heteroatoms. The average molecular weight is 482 g/mol. The molecule has 4 atom stereocenters. The minimum atomic E-state index is 0. The zero-order valence-corrected chi connectivity index (χ0v) is 17.4. The van der Waals surface area contributed by atoms with Gasteiger partial charge in [-0.05, 0) is 30.5 Å². The maximum atomic E-state index is 6.25. The van der Waals surface area contributed by atoms with Crippen LogP contribution in [0.15, 0.2) is 23.2 Å². The molecule has 1 aromatic carbocycles. The predicted octanol–water partition coefficient (Wildman–Crippen LogP) is 3.80. The fourth-order valence-corrected chi connectivity index (χ4v) is 4.78. The maximum Gasteiger partial charge on any atom is 0.193 e. The second kappa shape index (κ2) is 7.56. The second-order valence-corrected chi connectivity index (χ2v) is 7.50. The molecule has 3 aliphatic heterocycles. The normalized spacial score (nSPS) is 31.1. The highest BCUT2D eigenvalue weighted by Crippen LogP contribution is 2.47. The lowest BCUT2D eigenvalue weighted by molar-refractivity contribution is 0.0767. The summed E-state index contributed by atoms with van der Waals surface area (Å²) in [6.07, 6.45) is 3.40. The first-order valence-corrected chi connectivity index (χ1v) is 8.96. The van der Waals surface area contributed by atoms with Crippen molar-refractivity contribution in [2.75, 3.05) is 20.1 Å². The summed E-state index contributed by atoms with van der Waals surface area (Å²) in [5.74, 6) is 2.29. The molecule has 0 amide bonds. The highest BCUT2D eigenvalue weighted by molar-refractivity contribution is 14.0. The Balaban J connectivity index is 0.00000169. The number of ether oxygens (including phenoxy) is 1. The van der Waals surface area contributed by atoms with Crippen molar-refractivity contribution >= 4 is 53.1 Å². The van der Waals surface area contributed by atoms with Crippen molar-refractivity contribution in [3.8, 4) is 0 Å². The third-order valence-corrected chi connectivity index (χ3v) is 6.00. The summed E-state index contributed by atoms with van der Waals surface area (Å²) in [5, 5.41) is 4.78. The molecule has 0 aromatic heterocycles. The molecule has 1 aromatic rings. The van der Waals surface area contributed by atoms with Crippen LogP contribution in [0, 0.1) is 11.8 Å². The Bertz CT molecular complexity index is 624. The number of hydrogen-bond donors (Lipinski definition) is 1. The summed E-state index contributed by atoms with van der Waals surface area (Å²) in [5.41, 5.74) is 1.03. The van der Waals surface area contributed by atoms with E-state index in [0.717, 1.165) is 24.6 Å². The fraction of sp³-hybridized carbons (Fsp3) is 0.588. The Morgan fingerprint density at radius 3 is 2.50 bits per heavy atom. The number of nitrogens with one attached hydrogen (secondary N) is 1. The van der Waals surface area contributed by atoms with Crippen LogP contribution >= 0.6 is 47.2 Å². The Morgan fingerprint density at radius 1 is 1.25 bits per heavy atom. The number of likely N-dealkylation sites (tertiary alicyclic amines) is 1. The van der Waals surface area contributed by atoms with Crippen LogP contribution in [-0.2, 0) is 11.3 Å². The summed E-state index contributed by atoms with van der Waals surface area (Å²) in [6.45, 7) is 2.73. The van der Waals surface area contributed by atoms with E-state index in [1.54, 1.807) is 6.07 Å². The van der Waals surface area contributed by atoms with Gasteiger partial charge in [0.15, 0.2) is 5.96 Å². The van der Waals surface area contributed by atoms with Crippen molar-refractivity contribution < 1.29 is 4.74 Å². The van der Waals surface area contributed by atoms with E-state index in [1.165, 1.54) is 12.8 Å². The topological polar surface area (TPSA) is 36.9 Å². The molecule has 0 aliphatic carbocycles. The zero-order valence-electron chi connectivity index (χ0n) is 13.5. The van der Waals surface area contributed by atoms with Gasteiger partial charge in [-0.1, -0.05) is 29.3 Å². The monoisotopic (exact) mass is 481 g/mol. The van der Waals surface area contributed by atoms with Crippen molar-refractivity contribution in [1.29, 1.82) is 0 Å². The number of guanidine groups is 1. The standard InChI is InChI=1S/C17H21Cl2N3O.HI/c1-20-17(21-7-10-2-3-11(18)6-14(10)19)22-8-12-13(9-22)16-5-4-15(12)23-16;/h2-3,6,12-13,15-16H,4-5,7-9H2,1H3,(H,20,21);1H. The third kappa shape index (κ3) is 3.37. The van der Waals surface area contributed by atoms with Gasteiger partial charge in [0, 0.05) is 48.6 Å². The molecule has 3 fully saturated rings. The Labute approximate surface area is 169 Å². The molecule has 2 bridgehead atoms. The van der Waals surface area contributed by atoms with Crippen LogP contribution in [0.1, 0.15) is 18.4 Å². The Morgan fingerprint density at radius 2 is 1.92 bits per heavy atom. The van der Waals surface area contributed by atoms with Crippen LogP contribution in [0.2, 0.25) is 10.0 Å². The number of fused-ring (bicyclic) bond motifs is 5. The lowest BCUT2D eigenvalue weighted by Gasteiger charge is -2.23. The summed E-state index contributed by atoms with van der Waals surface area (Å²) in [4.78, 5) is 6.82. The van der Waals surface area contributed by atoms with Gasteiger partial charge < -0.3 is 15.0 Å². The molecule has 24 heavy (non-hydrogen) atoms. The van der Waals surface area contributed by atoms with E-state index in [4.69, 9.17) is 27.9 Å². The number of benzene rings is 1. The highest BCUT2D eigenvalue weighted by Gasteiger charge is 2.53. The van der Waals surface area contributed by atoms with Crippen LogP contribution in [0.4, 0.5) is 0 Å². The summed E-state index contributed by atoms with van der Waals surface area (Å²) in [6, 6.07) is 5.60. The van der Waals surface area contributed by atoms with Crippen LogP contribution in [0.25, 0.3) is 0 Å². The SMILES string of the molecule is CN=C(NCc1ccc(Cl)cc1Cl)N1CC2C3CCC(O3)C2C1.I. The van der Waals surface area contributed by atoms with E-state index < -0.39 is 0 Å². The molecule has 3 saturated heterocycles. The molecule has 4 nitrogen and oxygen atoms in total. The molecular formula is C17H22Cl2IN3O. The molecule has 0 radical (unpaired) electrons. The van der Waals surface area contributed by atoms with Crippen molar-refractivity contribution in [1.82, 2.24) is 10.2 Å². The molecule has 4 unspecified atom stereocenters. The van der Waals surface area contributed by atoms with Crippen LogP contribution < -0.4 is 5.32 Å². The molecular weight excluding hydrogens is 460 g/mol. The van der Waals surface area contributed by atoms with Crippen molar-refractivity contribution in [2.45, 2.75) is 31.6 Å². The van der Waals surface area contributed by atoms with Crippen molar-refractivity contribution in [3.05, 3.63) is 33.8 Å². The highest BCUT2D eigenvalue weighted by atomic mass is 127. The Hall–Kier alpha value is -0.240. The van der Waals surface area contributed by atoms with Gasteiger partial charge in [0.2, 0.25) is 0 Å². The lowest BCUT2D eigenvalue weighted by atomic mass is 9.82. The second-order valence-electron chi connectivity index (χ2n) is 6.66. The van der Waals surface area contributed by atoms with Gasteiger partial charge in [0.25, 0.3) is 0 Å². The summed E-state index contributed by atoms with van der Waals surface area (Å²) >= 11 is 12.2. The van der Waals surface area contributed by atoms with E-state index in [0.29, 0.717) is 40.6 Å². The van der Waals surface area contributed by atoms with Gasteiger partial charge in [-0.3, -0.25) is 4.99 Å². The number of aliphatic imine (C=N–C) groups is 1. The lowest BCUT2D eigenvalue weighted by Crippen LogP contribution is -2.41. The first-order chi connectivity index (χ1) is 11.2. The average Bonchev–Trinajstić information content (AvgIpc) is 3.21. The molecule has 3 aliphatic rings. The first-order valence-electron chi connectivity index (χ1n) is 8.20. The van der Waals surface area contributed by atoms with Crippen molar-refractivity contribution in [3.63, 3.8) is 0 Å². The zero-order chi connectivity index (χ0) is 16.0. The molecule has 1 N–H and O–H groups in total. The van der Waals surface area contributed by atoms with E-state index in [9.17, 15) is 0 Å². The molecule has 4 rings (SSSR count). The number of hydrogen-bond acceptors (Lipinski definition) is 2. The van der Waals surface area contributed by atoms with Gasteiger partial charge in [-0.25, -0.2) is 0 Å². The van der Waals surface area contributed by atoms with Gasteiger partial charge >= 0.3 is 0 Å². The van der Waals surface area contributed by atoms with E-state index in [1.807, 2.05) is 19.2 Å². The fourth-order valence-electron chi connectivity index (χ4n) is 4.30. The van der Waals surface area contributed by atoms with Crippen molar-refractivity contribution in [2.24, 2.45) is 16.8 Å². The molecule has 0 spiro atoms.